The van der Waals surface area contributed by atoms with Crippen molar-refractivity contribution in [2.45, 2.75) is 19.4 Å². The molecule has 2 nitrogen and oxygen atoms in total. The average Bonchev–Trinajstić information content (AvgIpc) is 2.19. The Balaban J connectivity index is 2.23. The Morgan fingerprint density at radius 1 is 1.29 bits per heavy atom. The van der Waals surface area contributed by atoms with Gasteiger partial charge in [-0.25, -0.2) is 0 Å². The van der Waals surface area contributed by atoms with Crippen molar-refractivity contribution in [3.8, 4) is 0 Å². The van der Waals surface area contributed by atoms with Gasteiger partial charge in [0.2, 0.25) is 0 Å². The summed E-state index contributed by atoms with van der Waals surface area (Å²) in [5.41, 5.74) is 2.60. The molecule has 1 atom stereocenters. The molecule has 1 saturated heterocycles. The molecule has 76 valence electrons. The van der Waals surface area contributed by atoms with Gasteiger partial charge in [-0.2, -0.15) is 0 Å². The molecular formula is C12H17NO. The quantitative estimate of drug-likeness (QED) is 0.731. The summed E-state index contributed by atoms with van der Waals surface area (Å²) < 4.78 is 5.51. The first-order valence-electron chi connectivity index (χ1n) is 5.11. The zero-order valence-electron chi connectivity index (χ0n) is 8.84. The minimum atomic E-state index is -0.00799. The third-order valence-electron chi connectivity index (χ3n) is 2.84. The number of nitrogens with one attached hydrogen (secondary N) is 1. The lowest BCUT2D eigenvalue weighted by molar-refractivity contribution is 0.0339. The van der Waals surface area contributed by atoms with Gasteiger partial charge in [0, 0.05) is 6.54 Å². The second kappa shape index (κ2) is 3.71. The van der Waals surface area contributed by atoms with Gasteiger partial charge in [-0.1, -0.05) is 29.8 Å². The van der Waals surface area contributed by atoms with Crippen LogP contribution in [0.4, 0.5) is 0 Å². The third kappa shape index (κ3) is 1.81. The highest BCUT2D eigenvalue weighted by atomic mass is 16.5. The molecule has 0 bridgehead atoms. The van der Waals surface area contributed by atoms with Crippen molar-refractivity contribution in [3.63, 3.8) is 0 Å². The lowest BCUT2D eigenvalue weighted by atomic mass is 9.91. The van der Waals surface area contributed by atoms with E-state index in [4.69, 9.17) is 4.74 Å². The van der Waals surface area contributed by atoms with Crippen LogP contribution in [0.25, 0.3) is 0 Å². The van der Waals surface area contributed by atoms with Gasteiger partial charge >= 0.3 is 0 Å². The molecule has 1 fully saturated rings. The second-order valence-corrected chi connectivity index (χ2v) is 4.18. The molecule has 0 spiro atoms. The van der Waals surface area contributed by atoms with E-state index in [1.807, 2.05) is 0 Å². The van der Waals surface area contributed by atoms with Crippen LogP contribution in [0.5, 0.6) is 0 Å². The Morgan fingerprint density at radius 2 is 2.00 bits per heavy atom. The molecule has 1 N–H and O–H groups in total. The number of ether oxygens (including phenoxy) is 1. The van der Waals surface area contributed by atoms with E-state index in [9.17, 15) is 0 Å². The number of benzene rings is 1. The highest BCUT2D eigenvalue weighted by molar-refractivity contribution is 5.27. The third-order valence-corrected chi connectivity index (χ3v) is 2.84. The second-order valence-electron chi connectivity index (χ2n) is 4.18. The molecular weight excluding hydrogens is 174 g/mol. The summed E-state index contributed by atoms with van der Waals surface area (Å²) in [4.78, 5) is 0. The molecule has 1 heterocycles. The maximum atomic E-state index is 5.51. The summed E-state index contributed by atoms with van der Waals surface area (Å²) in [6.45, 7) is 6.82. The minimum absolute atomic E-state index is 0.00799. The Hall–Kier alpha value is -0.860. The minimum Gasteiger partial charge on any atom is -0.378 e. The van der Waals surface area contributed by atoms with Gasteiger partial charge in [-0.05, 0) is 19.4 Å². The van der Waals surface area contributed by atoms with Gasteiger partial charge in [0.1, 0.15) is 0 Å². The zero-order chi connectivity index (χ0) is 10.0. The normalized spacial score (nSPS) is 27.6. The van der Waals surface area contributed by atoms with Crippen LogP contribution in [0.3, 0.4) is 0 Å². The van der Waals surface area contributed by atoms with Gasteiger partial charge in [0.05, 0.1) is 18.8 Å². The molecule has 2 heteroatoms. The van der Waals surface area contributed by atoms with Crippen LogP contribution in [-0.2, 0) is 10.3 Å². The van der Waals surface area contributed by atoms with Gasteiger partial charge in [0.25, 0.3) is 0 Å². The molecule has 0 saturated carbocycles. The topological polar surface area (TPSA) is 21.3 Å². The molecule has 0 radical (unpaired) electrons. The average molecular weight is 191 g/mol. The van der Waals surface area contributed by atoms with Crippen LogP contribution >= 0.6 is 0 Å². The summed E-state index contributed by atoms with van der Waals surface area (Å²) in [5.74, 6) is 0. The molecule has 14 heavy (non-hydrogen) atoms. The molecule has 1 unspecified atom stereocenters. The van der Waals surface area contributed by atoms with Gasteiger partial charge in [-0.15, -0.1) is 0 Å². The maximum absolute atomic E-state index is 5.51. The van der Waals surface area contributed by atoms with E-state index in [0.29, 0.717) is 0 Å². The summed E-state index contributed by atoms with van der Waals surface area (Å²) >= 11 is 0. The molecule has 2 rings (SSSR count). The van der Waals surface area contributed by atoms with Gasteiger partial charge in [0.15, 0.2) is 0 Å². The fourth-order valence-electron chi connectivity index (χ4n) is 1.83. The number of aryl methyl sites for hydroxylation is 1. The smallest absolute Gasteiger partial charge is 0.0688 e. The van der Waals surface area contributed by atoms with Gasteiger partial charge < -0.3 is 10.1 Å². The SMILES string of the molecule is Cc1ccc(C2(C)COCCN2)cc1. The highest BCUT2D eigenvalue weighted by Gasteiger charge is 2.28. The predicted molar refractivity (Wildman–Crippen MR) is 57.4 cm³/mol. The van der Waals surface area contributed by atoms with Crippen molar-refractivity contribution < 1.29 is 4.74 Å². The lowest BCUT2D eigenvalue weighted by Gasteiger charge is -2.35. The Morgan fingerprint density at radius 3 is 2.57 bits per heavy atom. The largest absolute Gasteiger partial charge is 0.378 e. The van der Waals surface area contributed by atoms with Crippen molar-refractivity contribution in [2.75, 3.05) is 19.8 Å². The standard InChI is InChI=1S/C12H17NO/c1-10-3-5-11(6-4-10)12(2)9-14-8-7-13-12/h3-6,13H,7-9H2,1-2H3. The van der Waals surface area contributed by atoms with Crippen LogP contribution in [-0.4, -0.2) is 19.8 Å². The first-order valence-corrected chi connectivity index (χ1v) is 5.11. The van der Waals surface area contributed by atoms with E-state index in [1.165, 1.54) is 11.1 Å². The Kier molecular flexibility index (Phi) is 2.57. The molecule has 0 aromatic heterocycles. The number of hydrogen-bond donors (Lipinski definition) is 1. The molecule has 0 amide bonds. The van der Waals surface area contributed by atoms with Crippen LogP contribution in [0.15, 0.2) is 24.3 Å². The molecule has 1 aromatic rings. The molecule has 1 aliphatic rings. The van der Waals surface area contributed by atoms with Crippen molar-refractivity contribution in [1.82, 2.24) is 5.32 Å². The van der Waals surface area contributed by atoms with Crippen molar-refractivity contribution in [3.05, 3.63) is 35.4 Å². The summed E-state index contributed by atoms with van der Waals surface area (Å²) in [6.07, 6.45) is 0. The van der Waals surface area contributed by atoms with Crippen LogP contribution in [0.1, 0.15) is 18.1 Å². The number of morpholine rings is 1. The van der Waals surface area contributed by atoms with E-state index < -0.39 is 0 Å². The van der Waals surface area contributed by atoms with E-state index >= 15 is 0 Å². The highest BCUT2D eigenvalue weighted by Crippen LogP contribution is 2.23. The first kappa shape index (κ1) is 9.69. The maximum Gasteiger partial charge on any atom is 0.0688 e. The fourth-order valence-corrected chi connectivity index (χ4v) is 1.83. The fraction of sp³-hybridized carbons (Fsp3) is 0.500. The summed E-state index contributed by atoms with van der Waals surface area (Å²) in [5, 5.41) is 3.51. The van der Waals surface area contributed by atoms with Crippen LogP contribution in [0.2, 0.25) is 0 Å². The Labute approximate surface area is 85.3 Å². The van der Waals surface area contributed by atoms with E-state index in [1.54, 1.807) is 0 Å². The van der Waals surface area contributed by atoms with Crippen molar-refractivity contribution in [2.24, 2.45) is 0 Å². The molecule has 0 aliphatic carbocycles. The van der Waals surface area contributed by atoms with E-state index in [0.717, 1.165) is 19.8 Å². The van der Waals surface area contributed by atoms with Gasteiger partial charge in [-0.3, -0.25) is 0 Å². The molecule has 1 aromatic carbocycles. The zero-order valence-corrected chi connectivity index (χ0v) is 8.84. The van der Waals surface area contributed by atoms with Crippen LogP contribution in [0, 0.1) is 6.92 Å². The number of hydrogen-bond acceptors (Lipinski definition) is 2. The predicted octanol–water partition coefficient (Wildman–Crippen LogP) is 1.83. The summed E-state index contributed by atoms with van der Waals surface area (Å²) in [6, 6.07) is 8.65. The number of rotatable bonds is 1. The van der Waals surface area contributed by atoms with Crippen molar-refractivity contribution >= 4 is 0 Å². The monoisotopic (exact) mass is 191 g/mol. The van der Waals surface area contributed by atoms with Crippen LogP contribution < -0.4 is 5.32 Å². The van der Waals surface area contributed by atoms with E-state index in [-0.39, 0.29) is 5.54 Å². The molecule has 1 aliphatic heterocycles. The first-order chi connectivity index (χ1) is 6.71. The Bertz CT molecular complexity index is 299. The lowest BCUT2D eigenvalue weighted by Crippen LogP contribution is -2.49. The van der Waals surface area contributed by atoms with E-state index in [2.05, 4.69) is 43.4 Å². The summed E-state index contributed by atoms with van der Waals surface area (Å²) in [7, 11) is 0. The van der Waals surface area contributed by atoms with Crippen molar-refractivity contribution in [1.29, 1.82) is 0 Å².